The number of nitrogens with two attached hydrogens (primary N) is 1. The molecule has 0 unspecified atom stereocenters. The number of hydrogen-bond donors (Lipinski definition) is 1. The molecule has 0 spiro atoms. The summed E-state index contributed by atoms with van der Waals surface area (Å²) in [5.74, 6) is 0.724. The minimum Gasteiger partial charge on any atom is -0.456 e. The summed E-state index contributed by atoms with van der Waals surface area (Å²) in [5.41, 5.74) is 6.80. The van der Waals surface area contributed by atoms with E-state index < -0.39 is 0 Å². The van der Waals surface area contributed by atoms with E-state index in [-0.39, 0.29) is 5.78 Å². The average molecular weight is 216 g/mol. The van der Waals surface area contributed by atoms with E-state index in [4.69, 9.17) is 10.2 Å². The smallest absolute Gasteiger partial charge is 0.229 e. The van der Waals surface area contributed by atoms with Crippen LogP contribution in [0.2, 0.25) is 0 Å². The number of aryl methyl sites for hydroxylation is 1. The molecule has 0 radical (unpaired) electrons. The van der Waals surface area contributed by atoms with Crippen LogP contribution in [-0.2, 0) is 6.54 Å². The van der Waals surface area contributed by atoms with Crippen molar-refractivity contribution in [1.82, 2.24) is 4.98 Å². The van der Waals surface area contributed by atoms with Crippen LogP contribution in [-0.4, -0.2) is 10.8 Å². The molecule has 0 amide bonds. The van der Waals surface area contributed by atoms with E-state index in [1.54, 1.807) is 30.5 Å². The van der Waals surface area contributed by atoms with Gasteiger partial charge in [0.2, 0.25) is 5.78 Å². The van der Waals surface area contributed by atoms with Gasteiger partial charge in [0.1, 0.15) is 5.76 Å². The molecular weight excluding hydrogens is 204 g/mol. The summed E-state index contributed by atoms with van der Waals surface area (Å²) in [4.78, 5) is 16.0. The fraction of sp³-hybridized carbons (Fsp3) is 0.167. The number of rotatable bonds is 3. The minimum absolute atomic E-state index is 0.174. The van der Waals surface area contributed by atoms with Crippen LogP contribution in [0.4, 0.5) is 0 Å². The molecule has 0 aromatic carbocycles. The molecule has 0 aliphatic heterocycles. The number of carbonyl (C=O) groups is 1. The summed E-state index contributed by atoms with van der Waals surface area (Å²) in [6.45, 7) is 2.16. The van der Waals surface area contributed by atoms with E-state index in [0.29, 0.717) is 23.6 Å². The first-order valence-corrected chi connectivity index (χ1v) is 4.97. The molecule has 2 heterocycles. The van der Waals surface area contributed by atoms with Gasteiger partial charge in [0.05, 0.1) is 6.54 Å². The van der Waals surface area contributed by atoms with E-state index >= 15 is 0 Å². The Kier molecular flexibility index (Phi) is 2.83. The lowest BCUT2D eigenvalue weighted by Crippen LogP contribution is -2.01. The topological polar surface area (TPSA) is 69.1 Å². The second-order valence-electron chi connectivity index (χ2n) is 3.49. The summed E-state index contributed by atoms with van der Waals surface area (Å²) < 4.78 is 5.28. The molecule has 2 aromatic heterocycles. The Morgan fingerprint density at radius 3 is 2.75 bits per heavy atom. The summed E-state index contributed by atoms with van der Waals surface area (Å²) in [6, 6.07) is 6.86. The summed E-state index contributed by atoms with van der Waals surface area (Å²) in [7, 11) is 0. The zero-order valence-corrected chi connectivity index (χ0v) is 8.93. The number of furan rings is 1. The molecule has 0 saturated carbocycles. The quantitative estimate of drug-likeness (QED) is 0.792. The second-order valence-corrected chi connectivity index (χ2v) is 3.49. The number of aromatic nitrogens is 1. The molecule has 2 N–H and O–H groups in total. The molecule has 0 aliphatic rings. The predicted octanol–water partition coefficient (Wildman–Crippen LogP) is 1.67. The lowest BCUT2D eigenvalue weighted by Gasteiger charge is -1.97. The third kappa shape index (κ3) is 2.01. The molecule has 0 bridgehead atoms. The van der Waals surface area contributed by atoms with Gasteiger partial charge in [-0.3, -0.25) is 9.78 Å². The lowest BCUT2D eigenvalue weighted by molar-refractivity contribution is 0.101. The Labute approximate surface area is 93.1 Å². The van der Waals surface area contributed by atoms with Crippen LogP contribution in [0.5, 0.6) is 0 Å². The molecular formula is C12H12N2O2. The Balaban J connectivity index is 2.28. The molecule has 4 nitrogen and oxygen atoms in total. The van der Waals surface area contributed by atoms with Gasteiger partial charge < -0.3 is 10.2 Å². The Morgan fingerprint density at radius 2 is 2.19 bits per heavy atom. The SMILES string of the molecule is Cc1ccc(C(=O)c2ccc(CN)o2)cn1. The van der Waals surface area contributed by atoms with Crippen molar-refractivity contribution in [3.8, 4) is 0 Å². The van der Waals surface area contributed by atoms with E-state index in [0.717, 1.165) is 5.69 Å². The van der Waals surface area contributed by atoms with E-state index in [9.17, 15) is 4.79 Å². The van der Waals surface area contributed by atoms with Crippen molar-refractivity contribution in [2.24, 2.45) is 5.73 Å². The van der Waals surface area contributed by atoms with Crippen molar-refractivity contribution in [3.63, 3.8) is 0 Å². The zero-order chi connectivity index (χ0) is 11.5. The van der Waals surface area contributed by atoms with Crippen LogP contribution in [0.25, 0.3) is 0 Å². The van der Waals surface area contributed by atoms with Gasteiger partial charge in [-0.1, -0.05) is 0 Å². The van der Waals surface area contributed by atoms with Crippen molar-refractivity contribution in [2.75, 3.05) is 0 Å². The van der Waals surface area contributed by atoms with Gasteiger partial charge in [0.15, 0.2) is 5.76 Å². The highest BCUT2D eigenvalue weighted by atomic mass is 16.3. The second kappa shape index (κ2) is 4.28. The molecule has 0 saturated heterocycles. The summed E-state index contributed by atoms with van der Waals surface area (Å²) in [6.07, 6.45) is 1.54. The first-order valence-electron chi connectivity index (χ1n) is 4.97. The summed E-state index contributed by atoms with van der Waals surface area (Å²) in [5, 5.41) is 0. The van der Waals surface area contributed by atoms with Gasteiger partial charge in [0.25, 0.3) is 0 Å². The van der Waals surface area contributed by atoms with Crippen LogP contribution in [0.3, 0.4) is 0 Å². The van der Waals surface area contributed by atoms with Crippen LogP contribution < -0.4 is 5.73 Å². The predicted molar refractivity (Wildman–Crippen MR) is 59.0 cm³/mol. The molecule has 82 valence electrons. The average Bonchev–Trinajstić information content (AvgIpc) is 2.77. The molecule has 0 atom stereocenters. The van der Waals surface area contributed by atoms with Crippen molar-refractivity contribution in [1.29, 1.82) is 0 Å². The Bertz CT molecular complexity index is 500. The van der Waals surface area contributed by atoms with Crippen LogP contribution in [0.15, 0.2) is 34.9 Å². The highest BCUT2D eigenvalue weighted by molar-refractivity contribution is 6.06. The van der Waals surface area contributed by atoms with Crippen LogP contribution in [0, 0.1) is 6.92 Å². The standard InChI is InChI=1S/C12H12N2O2/c1-8-2-3-9(7-14-8)12(15)11-5-4-10(6-13)16-11/h2-5,7H,6,13H2,1H3. The number of pyridine rings is 1. The van der Waals surface area contributed by atoms with E-state index in [1.165, 1.54) is 0 Å². The molecule has 0 aliphatic carbocycles. The van der Waals surface area contributed by atoms with Crippen molar-refractivity contribution >= 4 is 5.78 Å². The Morgan fingerprint density at radius 1 is 1.38 bits per heavy atom. The molecule has 0 fully saturated rings. The minimum atomic E-state index is -0.174. The number of nitrogens with zero attached hydrogens (tertiary/aromatic N) is 1. The summed E-state index contributed by atoms with van der Waals surface area (Å²) >= 11 is 0. The van der Waals surface area contributed by atoms with Gasteiger partial charge in [0, 0.05) is 17.5 Å². The van der Waals surface area contributed by atoms with Crippen molar-refractivity contribution < 1.29 is 9.21 Å². The Hall–Kier alpha value is -1.94. The van der Waals surface area contributed by atoms with Crippen molar-refractivity contribution in [3.05, 3.63) is 53.2 Å². The fourth-order valence-corrected chi connectivity index (χ4v) is 1.35. The third-order valence-electron chi connectivity index (χ3n) is 2.26. The first kappa shape index (κ1) is 10.6. The maximum atomic E-state index is 11.9. The zero-order valence-electron chi connectivity index (χ0n) is 8.93. The molecule has 2 aromatic rings. The largest absolute Gasteiger partial charge is 0.456 e. The molecule has 4 heteroatoms. The third-order valence-corrected chi connectivity index (χ3v) is 2.26. The molecule has 16 heavy (non-hydrogen) atoms. The van der Waals surface area contributed by atoms with E-state index in [2.05, 4.69) is 4.98 Å². The van der Waals surface area contributed by atoms with Gasteiger partial charge in [-0.2, -0.15) is 0 Å². The lowest BCUT2D eigenvalue weighted by atomic mass is 10.1. The maximum absolute atomic E-state index is 11.9. The normalized spacial score (nSPS) is 10.4. The van der Waals surface area contributed by atoms with Gasteiger partial charge in [-0.15, -0.1) is 0 Å². The highest BCUT2D eigenvalue weighted by Crippen LogP contribution is 2.12. The fourth-order valence-electron chi connectivity index (χ4n) is 1.35. The number of ketones is 1. The van der Waals surface area contributed by atoms with Gasteiger partial charge >= 0.3 is 0 Å². The van der Waals surface area contributed by atoms with Crippen LogP contribution in [0.1, 0.15) is 27.6 Å². The monoisotopic (exact) mass is 216 g/mol. The van der Waals surface area contributed by atoms with Gasteiger partial charge in [-0.25, -0.2) is 0 Å². The highest BCUT2D eigenvalue weighted by Gasteiger charge is 2.13. The van der Waals surface area contributed by atoms with Crippen molar-refractivity contribution in [2.45, 2.75) is 13.5 Å². The molecule has 2 rings (SSSR count). The number of hydrogen-bond acceptors (Lipinski definition) is 4. The number of carbonyl (C=O) groups excluding carboxylic acids is 1. The first-order chi connectivity index (χ1) is 7.70. The van der Waals surface area contributed by atoms with E-state index in [1.807, 2.05) is 6.92 Å². The van der Waals surface area contributed by atoms with Gasteiger partial charge in [-0.05, 0) is 31.2 Å². The maximum Gasteiger partial charge on any atom is 0.229 e. The van der Waals surface area contributed by atoms with Crippen LogP contribution >= 0.6 is 0 Å².